The summed E-state index contributed by atoms with van der Waals surface area (Å²) in [6.07, 6.45) is 12.9. The molecule has 144 valence electrons. The standard InChI is InChI=1S/C25H19N5/c1-17(23-11-22(15-28-18(23)2)20-5-3-8-26-13-20)19-7-10-30-25(12-19)24(16-29-30)21-6-4-9-27-14-21/h3-16H,1H2,2H3. The van der Waals surface area contributed by atoms with Gasteiger partial charge in [-0.25, -0.2) is 4.52 Å². The van der Waals surface area contributed by atoms with E-state index in [9.17, 15) is 0 Å². The summed E-state index contributed by atoms with van der Waals surface area (Å²) >= 11 is 0. The van der Waals surface area contributed by atoms with Gasteiger partial charge >= 0.3 is 0 Å². The Morgan fingerprint density at radius 2 is 1.63 bits per heavy atom. The lowest BCUT2D eigenvalue weighted by Gasteiger charge is -2.12. The molecule has 0 saturated carbocycles. The second-order valence-corrected chi connectivity index (χ2v) is 7.12. The summed E-state index contributed by atoms with van der Waals surface area (Å²) in [4.78, 5) is 13.1. The fourth-order valence-corrected chi connectivity index (χ4v) is 3.60. The van der Waals surface area contributed by atoms with Gasteiger partial charge in [0.2, 0.25) is 0 Å². The summed E-state index contributed by atoms with van der Waals surface area (Å²) in [5, 5.41) is 4.48. The molecule has 0 fully saturated rings. The Bertz CT molecular complexity index is 1350. The molecule has 0 unspecified atom stereocenters. The van der Waals surface area contributed by atoms with Crippen LogP contribution in [0.5, 0.6) is 0 Å². The van der Waals surface area contributed by atoms with Gasteiger partial charge in [0.05, 0.1) is 11.7 Å². The zero-order valence-electron chi connectivity index (χ0n) is 16.5. The van der Waals surface area contributed by atoms with Crippen molar-refractivity contribution in [1.82, 2.24) is 24.6 Å². The third-order valence-electron chi connectivity index (χ3n) is 5.25. The van der Waals surface area contributed by atoms with Crippen LogP contribution in [0.2, 0.25) is 0 Å². The average molecular weight is 389 g/mol. The summed E-state index contributed by atoms with van der Waals surface area (Å²) in [5.41, 5.74) is 9.04. The number of aromatic nitrogens is 5. The Morgan fingerprint density at radius 3 is 2.37 bits per heavy atom. The summed E-state index contributed by atoms with van der Waals surface area (Å²) in [6.45, 7) is 6.39. The molecule has 0 bridgehead atoms. The lowest BCUT2D eigenvalue weighted by atomic mass is 9.96. The van der Waals surface area contributed by atoms with E-state index < -0.39 is 0 Å². The third kappa shape index (κ3) is 3.16. The van der Waals surface area contributed by atoms with Crippen molar-refractivity contribution in [3.63, 3.8) is 0 Å². The highest BCUT2D eigenvalue weighted by Crippen LogP contribution is 2.30. The minimum atomic E-state index is 0.923. The third-order valence-corrected chi connectivity index (χ3v) is 5.25. The molecule has 5 heterocycles. The maximum atomic E-state index is 4.61. The van der Waals surface area contributed by atoms with E-state index in [1.165, 1.54) is 0 Å². The molecule has 0 amide bonds. The van der Waals surface area contributed by atoms with E-state index in [0.29, 0.717) is 0 Å². The Morgan fingerprint density at radius 1 is 0.867 bits per heavy atom. The summed E-state index contributed by atoms with van der Waals surface area (Å²) in [5.74, 6) is 0. The normalized spacial score (nSPS) is 11.0. The molecule has 0 spiro atoms. The second-order valence-electron chi connectivity index (χ2n) is 7.12. The van der Waals surface area contributed by atoms with E-state index in [1.807, 2.05) is 72.8 Å². The van der Waals surface area contributed by atoms with Crippen molar-refractivity contribution < 1.29 is 0 Å². The number of pyridine rings is 4. The van der Waals surface area contributed by atoms with Crippen LogP contribution in [0.1, 0.15) is 16.8 Å². The van der Waals surface area contributed by atoms with Crippen LogP contribution in [-0.2, 0) is 0 Å². The highest BCUT2D eigenvalue weighted by Gasteiger charge is 2.12. The van der Waals surface area contributed by atoms with E-state index in [2.05, 4.69) is 38.8 Å². The van der Waals surface area contributed by atoms with E-state index >= 15 is 0 Å². The number of aryl methyl sites for hydroxylation is 1. The van der Waals surface area contributed by atoms with E-state index in [0.717, 1.165) is 50.2 Å². The first kappa shape index (κ1) is 17.9. The van der Waals surface area contributed by atoms with Crippen LogP contribution in [-0.4, -0.2) is 24.6 Å². The van der Waals surface area contributed by atoms with Gasteiger partial charge in [0.1, 0.15) is 0 Å². The first-order chi connectivity index (χ1) is 14.7. The molecule has 0 atom stereocenters. The van der Waals surface area contributed by atoms with Crippen LogP contribution in [0.4, 0.5) is 0 Å². The molecule has 5 nitrogen and oxygen atoms in total. The van der Waals surface area contributed by atoms with Gasteiger partial charge in [0, 0.05) is 70.7 Å². The molecule has 5 heteroatoms. The SMILES string of the molecule is C=C(c1ccn2ncc(-c3cccnc3)c2c1)c1cc(-c2cccnc2)cnc1C. The van der Waals surface area contributed by atoms with Crippen molar-refractivity contribution in [2.45, 2.75) is 6.92 Å². The van der Waals surface area contributed by atoms with E-state index in [1.54, 1.807) is 12.4 Å². The van der Waals surface area contributed by atoms with Gasteiger partial charge in [0.15, 0.2) is 0 Å². The summed E-state index contributed by atoms with van der Waals surface area (Å²) in [6, 6.07) is 14.2. The minimum Gasteiger partial charge on any atom is -0.264 e. The molecular formula is C25H19N5. The number of hydrogen-bond donors (Lipinski definition) is 0. The maximum absolute atomic E-state index is 4.61. The Balaban J connectivity index is 1.58. The molecule has 0 radical (unpaired) electrons. The van der Waals surface area contributed by atoms with Gasteiger partial charge < -0.3 is 0 Å². The smallest absolute Gasteiger partial charge is 0.0746 e. The van der Waals surface area contributed by atoms with Crippen molar-refractivity contribution in [1.29, 1.82) is 0 Å². The largest absolute Gasteiger partial charge is 0.264 e. The molecule has 0 aliphatic rings. The van der Waals surface area contributed by atoms with Crippen LogP contribution in [0.15, 0.2) is 92.4 Å². The number of hydrogen-bond acceptors (Lipinski definition) is 4. The second kappa shape index (κ2) is 7.37. The summed E-state index contributed by atoms with van der Waals surface area (Å²) < 4.78 is 1.87. The van der Waals surface area contributed by atoms with Crippen molar-refractivity contribution in [2.75, 3.05) is 0 Å². The molecule has 5 aromatic heterocycles. The average Bonchev–Trinajstić information content (AvgIpc) is 3.23. The first-order valence-corrected chi connectivity index (χ1v) is 9.65. The fraction of sp³-hybridized carbons (Fsp3) is 0.0400. The maximum Gasteiger partial charge on any atom is 0.0746 e. The molecule has 0 aliphatic heterocycles. The van der Waals surface area contributed by atoms with Gasteiger partial charge in [-0.15, -0.1) is 0 Å². The zero-order chi connectivity index (χ0) is 20.5. The molecule has 0 aliphatic carbocycles. The Labute approximate surface area is 174 Å². The monoisotopic (exact) mass is 389 g/mol. The minimum absolute atomic E-state index is 0.923. The van der Waals surface area contributed by atoms with Gasteiger partial charge in [-0.1, -0.05) is 18.7 Å². The van der Waals surface area contributed by atoms with Crippen LogP contribution in [0.25, 0.3) is 33.3 Å². The highest BCUT2D eigenvalue weighted by atomic mass is 15.2. The molecule has 0 N–H and O–H groups in total. The van der Waals surface area contributed by atoms with Gasteiger partial charge in [-0.05, 0) is 48.4 Å². The molecule has 5 rings (SSSR count). The first-order valence-electron chi connectivity index (χ1n) is 9.65. The molecule has 5 aromatic rings. The van der Waals surface area contributed by atoms with Crippen molar-refractivity contribution >= 4 is 11.1 Å². The topological polar surface area (TPSA) is 56.0 Å². The van der Waals surface area contributed by atoms with Gasteiger partial charge in [-0.3, -0.25) is 15.0 Å². The van der Waals surface area contributed by atoms with Crippen molar-refractivity contribution in [3.8, 4) is 22.3 Å². The number of rotatable bonds is 4. The van der Waals surface area contributed by atoms with Gasteiger partial charge in [-0.2, -0.15) is 5.10 Å². The molecule has 0 saturated heterocycles. The number of fused-ring (bicyclic) bond motifs is 1. The predicted molar refractivity (Wildman–Crippen MR) is 119 cm³/mol. The van der Waals surface area contributed by atoms with E-state index in [4.69, 9.17) is 0 Å². The van der Waals surface area contributed by atoms with Crippen LogP contribution >= 0.6 is 0 Å². The highest BCUT2D eigenvalue weighted by molar-refractivity contribution is 5.86. The van der Waals surface area contributed by atoms with Crippen LogP contribution in [0, 0.1) is 6.92 Å². The molecule has 30 heavy (non-hydrogen) atoms. The Kier molecular flexibility index (Phi) is 4.41. The van der Waals surface area contributed by atoms with Gasteiger partial charge in [0.25, 0.3) is 0 Å². The predicted octanol–water partition coefficient (Wildman–Crippen LogP) is 5.22. The molecular weight excluding hydrogens is 370 g/mol. The van der Waals surface area contributed by atoms with Crippen molar-refractivity contribution in [3.05, 3.63) is 109 Å². The quantitative estimate of drug-likeness (QED) is 0.423. The lowest BCUT2D eigenvalue weighted by Crippen LogP contribution is -1.96. The fourth-order valence-electron chi connectivity index (χ4n) is 3.60. The number of nitrogens with zero attached hydrogens (tertiary/aromatic N) is 5. The van der Waals surface area contributed by atoms with Crippen LogP contribution < -0.4 is 0 Å². The lowest BCUT2D eigenvalue weighted by molar-refractivity contribution is 0.960. The van der Waals surface area contributed by atoms with E-state index in [-0.39, 0.29) is 0 Å². The van der Waals surface area contributed by atoms with Crippen LogP contribution in [0.3, 0.4) is 0 Å². The zero-order valence-corrected chi connectivity index (χ0v) is 16.5. The van der Waals surface area contributed by atoms with Crippen molar-refractivity contribution in [2.24, 2.45) is 0 Å². The summed E-state index contributed by atoms with van der Waals surface area (Å²) in [7, 11) is 0. The Hall–Kier alpha value is -4.12. The molecule has 0 aromatic carbocycles.